The fourth-order valence-corrected chi connectivity index (χ4v) is 5.58. The molecular formula is C25H30ClN3O3. The number of aromatic hydroxyl groups is 1. The lowest BCUT2D eigenvalue weighted by Gasteiger charge is -2.46. The van der Waals surface area contributed by atoms with E-state index >= 15 is 0 Å². The van der Waals surface area contributed by atoms with Crippen molar-refractivity contribution in [2.45, 2.75) is 64.1 Å². The van der Waals surface area contributed by atoms with Crippen molar-refractivity contribution >= 4 is 29.1 Å². The predicted octanol–water partition coefficient (Wildman–Crippen LogP) is 4.29. The summed E-state index contributed by atoms with van der Waals surface area (Å²) in [6.45, 7) is 9.03. The van der Waals surface area contributed by atoms with Crippen LogP contribution < -0.4 is 15.5 Å². The molecule has 2 heterocycles. The van der Waals surface area contributed by atoms with Crippen LogP contribution in [0.2, 0.25) is 5.02 Å². The Morgan fingerprint density at radius 3 is 2.50 bits per heavy atom. The standard InChI is InChI=1S/C25H30ClN3O3/c1-24(2)13-17(14-25(3,4)28-24)27-22(31)16-8-9-19(18(26)12-16)29-11-10-15-6-5-7-20(30)21(15)23(29)32/h5-9,12,17,28,30H,10-11,13-14H2,1-4H3,(H,27,31). The Balaban J connectivity index is 1.52. The molecule has 0 spiro atoms. The molecule has 6 nitrogen and oxygen atoms in total. The van der Waals surface area contributed by atoms with Gasteiger partial charge in [-0.1, -0.05) is 23.7 Å². The fraction of sp³-hybridized carbons (Fsp3) is 0.440. The number of fused-ring (bicyclic) bond motifs is 1. The summed E-state index contributed by atoms with van der Waals surface area (Å²) in [4.78, 5) is 27.5. The zero-order valence-electron chi connectivity index (χ0n) is 19.0. The number of anilines is 1. The zero-order valence-corrected chi connectivity index (χ0v) is 19.7. The Bertz CT molecular complexity index is 1060. The van der Waals surface area contributed by atoms with E-state index in [0.717, 1.165) is 18.4 Å². The van der Waals surface area contributed by atoms with E-state index in [1.807, 2.05) is 6.07 Å². The number of nitrogens with zero attached hydrogens (tertiary/aromatic N) is 1. The molecule has 3 N–H and O–H groups in total. The average molecular weight is 456 g/mol. The van der Waals surface area contributed by atoms with E-state index < -0.39 is 0 Å². The Kier molecular flexibility index (Phi) is 5.72. The molecule has 1 saturated heterocycles. The monoisotopic (exact) mass is 455 g/mol. The quantitative estimate of drug-likeness (QED) is 0.645. The van der Waals surface area contributed by atoms with Crippen LogP contribution in [0.4, 0.5) is 5.69 Å². The number of rotatable bonds is 3. The molecule has 0 radical (unpaired) electrons. The highest BCUT2D eigenvalue weighted by Crippen LogP contribution is 2.34. The van der Waals surface area contributed by atoms with Crippen LogP contribution in [0, 0.1) is 0 Å². The van der Waals surface area contributed by atoms with Gasteiger partial charge >= 0.3 is 0 Å². The lowest BCUT2D eigenvalue weighted by Crippen LogP contribution is -2.62. The van der Waals surface area contributed by atoms with Gasteiger partial charge in [0.15, 0.2) is 0 Å². The maximum absolute atomic E-state index is 13.0. The molecule has 0 atom stereocenters. The van der Waals surface area contributed by atoms with E-state index in [2.05, 4.69) is 38.3 Å². The predicted molar refractivity (Wildman–Crippen MR) is 127 cm³/mol. The summed E-state index contributed by atoms with van der Waals surface area (Å²) >= 11 is 6.53. The van der Waals surface area contributed by atoms with Crippen molar-refractivity contribution in [3.8, 4) is 5.75 Å². The number of amides is 2. The lowest BCUT2D eigenvalue weighted by atomic mass is 9.79. The first-order valence-electron chi connectivity index (χ1n) is 11.0. The van der Waals surface area contributed by atoms with Gasteiger partial charge in [0.2, 0.25) is 0 Å². The third-order valence-electron chi connectivity index (χ3n) is 6.22. The minimum Gasteiger partial charge on any atom is -0.507 e. The molecule has 32 heavy (non-hydrogen) atoms. The maximum Gasteiger partial charge on any atom is 0.262 e. The molecule has 4 rings (SSSR count). The third-order valence-corrected chi connectivity index (χ3v) is 6.52. The van der Waals surface area contributed by atoms with Crippen LogP contribution in [-0.2, 0) is 6.42 Å². The van der Waals surface area contributed by atoms with Gasteiger partial charge in [0.25, 0.3) is 11.8 Å². The molecule has 2 aliphatic heterocycles. The van der Waals surface area contributed by atoms with E-state index in [9.17, 15) is 14.7 Å². The molecule has 2 amide bonds. The van der Waals surface area contributed by atoms with Crippen molar-refractivity contribution in [3.05, 3.63) is 58.1 Å². The number of halogens is 1. The van der Waals surface area contributed by atoms with E-state index in [1.54, 1.807) is 29.2 Å². The third kappa shape index (κ3) is 4.48. The number of piperidine rings is 1. The molecule has 7 heteroatoms. The summed E-state index contributed by atoms with van der Waals surface area (Å²) < 4.78 is 0. The fourth-order valence-electron chi connectivity index (χ4n) is 5.30. The number of hydrogen-bond donors (Lipinski definition) is 3. The number of hydrogen-bond acceptors (Lipinski definition) is 4. The van der Waals surface area contributed by atoms with Crippen LogP contribution in [0.15, 0.2) is 36.4 Å². The molecule has 2 aliphatic rings. The molecule has 2 aromatic carbocycles. The minimum absolute atomic E-state index is 0.0304. The Labute approximate surface area is 194 Å². The Hall–Kier alpha value is -2.57. The highest BCUT2D eigenvalue weighted by molar-refractivity contribution is 6.34. The van der Waals surface area contributed by atoms with Crippen molar-refractivity contribution in [3.63, 3.8) is 0 Å². The number of carbonyl (C=O) groups excluding carboxylic acids is 2. The SMILES string of the molecule is CC1(C)CC(NC(=O)c2ccc(N3CCc4cccc(O)c4C3=O)c(Cl)c2)CC(C)(C)N1. The second-order valence-electron chi connectivity index (χ2n) is 10.2. The second-order valence-corrected chi connectivity index (χ2v) is 10.6. The zero-order chi connectivity index (χ0) is 23.3. The largest absolute Gasteiger partial charge is 0.507 e. The van der Waals surface area contributed by atoms with Crippen LogP contribution in [-0.4, -0.2) is 40.6 Å². The molecule has 0 bridgehead atoms. The van der Waals surface area contributed by atoms with Crippen LogP contribution in [0.25, 0.3) is 0 Å². The van der Waals surface area contributed by atoms with Gasteiger partial charge in [0, 0.05) is 29.2 Å². The van der Waals surface area contributed by atoms with Gasteiger partial charge in [-0.05, 0) is 76.8 Å². The molecule has 0 unspecified atom stereocenters. The first kappa shape index (κ1) is 22.6. The van der Waals surface area contributed by atoms with Gasteiger partial charge < -0.3 is 20.6 Å². The first-order valence-corrected chi connectivity index (χ1v) is 11.4. The summed E-state index contributed by atoms with van der Waals surface area (Å²) in [5, 5.41) is 17.3. The van der Waals surface area contributed by atoms with E-state index in [-0.39, 0.29) is 34.7 Å². The normalized spacial score (nSPS) is 20.0. The highest BCUT2D eigenvalue weighted by Gasteiger charge is 2.38. The van der Waals surface area contributed by atoms with Crippen LogP contribution in [0.5, 0.6) is 5.75 Å². The van der Waals surface area contributed by atoms with Crippen molar-refractivity contribution in [1.82, 2.24) is 10.6 Å². The smallest absolute Gasteiger partial charge is 0.262 e. The average Bonchev–Trinajstić information content (AvgIpc) is 2.66. The minimum atomic E-state index is -0.289. The highest BCUT2D eigenvalue weighted by atomic mass is 35.5. The van der Waals surface area contributed by atoms with Crippen molar-refractivity contribution in [2.75, 3.05) is 11.4 Å². The van der Waals surface area contributed by atoms with Gasteiger partial charge in [-0.2, -0.15) is 0 Å². The Morgan fingerprint density at radius 2 is 1.84 bits per heavy atom. The number of carbonyl (C=O) groups is 2. The number of phenolic OH excluding ortho intramolecular Hbond substituents is 1. The summed E-state index contributed by atoms with van der Waals surface area (Å²) in [7, 11) is 0. The van der Waals surface area contributed by atoms with Gasteiger partial charge in [0.05, 0.1) is 16.3 Å². The van der Waals surface area contributed by atoms with Crippen molar-refractivity contribution in [1.29, 1.82) is 0 Å². The summed E-state index contributed by atoms with van der Waals surface area (Å²) in [6.07, 6.45) is 2.29. The second kappa shape index (κ2) is 8.09. The van der Waals surface area contributed by atoms with Gasteiger partial charge in [-0.15, -0.1) is 0 Å². The van der Waals surface area contributed by atoms with E-state index in [1.165, 1.54) is 6.07 Å². The van der Waals surface area contributed by atoms with E-state index in [0.29, 0.717) is 34.8 Å². The van der Waals surface area contributed by atoms with Gasteiger partial charge in [-0.3, -0.25) is 9.59 Å². The summed E-state index contributed by atoms with van der Waals surface area (Å²) in [5.74, 6) is -0.496. The lowest BCUT2D eigenvalue weighted by molar-refractivity contribution is 0.0872. The number of benzene rings is 2. The summed E-state index contributed by atoms with van der Waals surface area (Å²) in [6, 6.07) is 10.2. The maximum atomic E-state index is 13.0. The van der Waals surface area contributed by atoms with Crippen molar-refractivity contribution < 1.29 is 14.7 Å². The first-order chi connectivity index (χ1) is 15.0. The molecule has 0 aromatic heterocycles. The number of nitrogens with one attached hydrogen (secondary N) is 2. The van der Waals surface area contributed by atoms with Gasteiger partial charge in [-0.25, -0.2) is 0 Å². The molecule has 2 aromatic rings. The topological polar surface area (TPSA) is 81.7 Å². The molecule has 170 valence electrons. The molecular weight excluding hydrogens is 426 g/mol. The molecule has 0 saturated carbocycles. The molecule has 0 aliphatic carbocycles. The Morgan fingerprint density at radius 1 is 1.16 bits per heavy atom. The summed E-state index contributed by atoms with van der Waals surface area (Å²) in [5.41, 5.74) is 1.99. The van der Waals surface area contributed by atoms with Crippen molar-refractivity contribution in [2.24, 2.45) is 0 Å². The van der Waals surface area contributed by atoms with Crippen LogP contribution in [0.1, 0.15) is 66.8 Å². The van der Waals surface area contributed by atoms with Crippen LogP contribution in [0.3, 0.4) is 0 Å². The number of phenols is 1. The molecule has 1 fully saturated rings. The van der Waals surface area contributed by atoms with E-state index in [4.69, 9.17) is 11.6 Å². The van der Waals surface area contributed by atoms with Gasteiger partial charge in [0.1, 0.15) is 5.75 Å². The van der Waals surface area contributed by atoms with Crippen LogP contribution >= 0.6 is 11.6 Å².